The fourth-order valence-corrected chi connectivity index (χ4v) is 5.10. The second-order valence-corrected chi connectivity index (χ2v) is 10.8. The number of hydrogen-bond acceptors (Lipinski definition) is 1. The Kier molecular flexibility index (Phi) is 6.27. The van der Waals surface area contributed by atoms with Crippen molar-refractivity contribution < 1.29 is 39.1 Å². The maximum atomic E-state index is 12.7. The highest BCUT2D eigenvalue weighted by Gasteiger charge is 2.30. The van der Waals surface area contributed by atoms with Crippen LogP contribution in [0, 0.1) is 14.1 Å². The molecule has 0 spiro atoms. The summed E-state index contributed by atoms with van der Waals surface area (Å²) in [4.78, 5) is 0. The molecule has 0 radical (unpaired) electrons. The number of hydrogen-bond donors (Lipinski definition) is 0. The first-order chi connectivity index (χ1) is 13.5. The summed E-state index contributed by atoms with van der Waals surface area (Å²) >= 11 is -0.314. The normalized spacial score (nSPS) is 12.1. The number of ether oxygens (including phenoxy) is 1. The Labute approximate surface area is 180 Å². The fourth-order valence-electron chi connectivity index (χ4n) is 2.77. The quantitative estimate of drug-likeness (QED) is 0.477. The Morgan fingerprint density at radius 3 is 1.79 bits per heavy atom. The van der Waals surface area contributed by atoms with Crippen LogP contribution in [0.1, 0.15) is 37.5 Å². The van der Waals surface area contributed by atoms with Crippen LogP contribution in [0.3, 0.4) is 0 Å². The molecule has 0 aliphatic heterocycles. The van der Waals surface area contributed by atoms with Crippen LogP contribution in [0.15, 0.2) is 66.7 Å². The molecule has 0 aromatic heterocycles. The van der Waals surface area contributed by atoms with E-state index in [9.17, 15) is 13.2 Å². The van der Waals surface area contributed by atoms with Crippen LogP contribution < -0.4 is 25.9 Å². The number of halogens is 4. The topological polar surface area (TPSA) is 9.23 Å². The van der Waals surface area contributed by atoms with Gasteiger partial charge in [0.15, 0.2) is 7.14 Å². The zero-order valence-electron chi connectivity index (χ0n) is 16.8. The molecule has 3 rings (SSSR count). The third-order valence-corrected chi connectivity index (χ3v) is 7.60. The highest BCUT2D eigenvalue weighted by atomic mass is 127. The molecule has 0 fully saturated rings. The summed E-state index contributed by atoms with van der Waals surface area (Å²) in [5, 5.41) is 0. The molecule has 0 atom stereocenters. The van der Waals surface area contributed by atoms with E-state index in [1.807, 2.05) is 19.1 Å². The molecule has 5 heteroatoms. The van der Waals surface area contributed by atoms with Crippen molar-refractivity contribution in [1.82, 2.24) is 0 Å². The van der Waals surface area contributed by atoms with Gasteiger partial charge in [-0.2, -0.15) is 13.2 Å². The Hall–Kier alpha value is -2.02. The second-order valence-electron chi connectivity index (χ2n) is 7.89. The smallest absolute Gasteiger partial charge is 0.416 e. The van der Waals surface area contributed by atoms with Gasteiger partial charge in [0.05, 0.1) is 5.56 Å². The molecule has 3 aromatic rings. The van der Waals surface area contributed by atoms with Crippen molar-refractivity contribution in [3.8, 4) is 11.5 Å². The third kappa shape index (κ3) is 5.75. The molecule has 0 saturated carbocycles. The second kappa shape index (κ2) is 8.38. The maximum Gasteiger partial charge on any atom is 0.416 e. The number of rotatable bonds is 4. The van der Waals surface area contributed by atoms with E-state index in [0.29, 0.717) is 11.5 Å². The summed E-state index contributed by atoms with van der Waals surface area (Å²) in [6.07, 6.45) is -4.34. The molecule has 0 aliphatic carbocycles. The summed E-state index contributed by atoms with van der Waals surface area (Å²) in [6, 6.07) is 19.4. The molecular weight excluding hydrogens is 488 g/mol. The number of aryl methyl sites for hydroxylation is 1. The first-order valence-electron chi connectivity index (χ1n) is 9.23. The average molecular weight is 511 g/mol. The fraction of sp³-hybridized carbons (Fsp3) is 0.250. The van der Waals surface area contributed by atoms with Crippen LogP contribution in [0.2, 0.25) is 0 Å². The first-order valence-corrected chi connectivity index (χ1v) is 11.4. The molecule has 0 aliphatic rings. The lowest BCUT2D eigenvalue weighted by Crippen LogP contribution is -3.61. The molecule has 0 heterocycles. The predicted octanol–water partition coefficient (Wildman–Crippen LogP) is 4.23. The van der Waals surface area contributed by atoms with Crippen molar-refractivity contribution in [2.45, 2.75) is 39.3 Å². The molecule has 0 unspecified atom stereocenters. The zero-order chi connectivity index (χ0) is 21.2. The van der Waals surface area contributed by atoms with Gasteiger partial charge < -0.3 is 4.74 Å². The maximum absolute atomic E-state index is 12.7. The summed E-state index contributed by atoms with van der Waals surface area (Å²) in [7, 11) is 0. The van der Waals surface area contributed by atoms with Gasteiger partial charge in [-0.15, -0.1) is 0 Å². The van der Waals surface area contributed by atoms with Gasteiger partial charge in [0.1, 0.15) is 11.5 Å². The number of benzene rings is 3. The van der Waals surface area contributed by atoms with Gasteiger partial charge in [-0.05, 0) is 72.5 Å². The Morgan fingerprint density at radius 1 is 0.724 bits per heavy atom. The molecule has 152 valence electrons. The highest BCUT2D eigenvalue weighted by molar-refractivity contribution is 5.35. The van der Waals surface area contributed by atoms with Crippen molar-refractivity contribution in [1.29, 1.82) is 0 Å². The van der Waals surface area contributed by atoms with Crippen molar-refractivity contribution in [3.63, 3.8) is 0 Å². The third-order valence-electron chi connectivity index (χ3n) is 4.47. The van der Waals surface area contributed by atoms with Gasteiger partial charge in [0.25, 0.3) is 0 Å². The minimum Gasteiger partial charge on any atom is -0.457 e. The van der Waals surface area contributed by atoms with Gasteiger partial charge in [-0.1, -0.05) is 32.9 Å². The molecular formula is C24H23F3IO+. The minimum absolute atomic E-state index is 0.143. The van der Waals surface area contributed by atoms with E-state index in [1.54, 1.807) is 0 Å². The van der Waals surface area contributed by atoms with Crippen LogP contribution in [0.4, 0.5) is 13.2 Å². The molecule has 29 heavy (non-hydrogen) atoms. The monoisotopic (exact) mass is 511 g/mol. The number of alkyl halides is 3. The lowest BCUT2D eigenvalue weighted by atomic mass is 9.87. The standard InChI is InChI=1S/C24H23F3IO/c1-16-15-21(29-20-11-7-18(8-12-20)24(25,26)27)13-14-22(16)28-19-9-5-17(6-10-19)23(2,3)4/h5-15H,1-4H3/q+1. The van der Waals surface area contributed by atoms with Gasteiger partial charge in [0.2, 0.25) is 0 Å². The Morgan fingerprint density at radius 2 is 1.28 bits per heavy atom. The Bertz CT molecular complexity index is 969. The highest BCUT2D eigenvalue weighted by Crippen LogP contribution is 2.31. The molecule has 3 aromatic carbocycles. The average Bonchev–Trinajstić information content (AvgIpc) is 2.63. The summed E-state index contributed by atoms with van der Waals surface area (Å²) < 4.78 is 46.4. The van der Waals surface area contributed by atoms with E-state index in [4.69, 9.17) is 4.74 Å². The lowest BCUT2D eigenvalue weighted by Gasteiger charge is -2.18. The van der Waals surface area contributed by atoms with E-state index in [1.165, 1.54) is 24.8 Å². The molecule has 1 nitrogen and oxygen atoms in total. The van der Waals surface area contributed by atoms with Crippen LogP contribution in [0.5, 0.6) is 11.5 Å². The van der Waals surface area contributed by atoms with Gasteiger partial charge in [0, 0.05) is 5.56 Å². The molecule has 0 N–H and O–H groups in total. The van der Waals surface area contributed by atoms with Crippen molar-refractivity contribution >= 4 is 0 Å². The largest absolute Gasteiger partial charge is 0.457 e. The van der Waals surface area contributed by atoms with Gasteiger partial charge >= 0.3 is 27.4 Å². The molecule has 0 saturated heterocycles. The predicted molar refractivity (Wildman–Crippen MR) is 105 cm³/mol. The van der Waals surface area contributed by atoms with Crippen molar-refractivity contribution in [2.24, 2.45) is 0 Å². The van der Waals surface area contributed by atoms with Crippen molar-refractivity contribution in [3.05, 3.63) is 90.6 Å². The molecule has 0 bridgehead atoms. The van der Waals surface area contributed by atoms with Crippen LogP contribution in [-0.2, 0) is 11.6 Å². The van der Waals surface area contributed by atoms with Crippen molar-refractivity contribution in [2.75, 3.05) is 0 Å². The van der Waals surface area contributed by atoms with E-state index in [2.05, 4.69) is 51.1 Å². The van der Waals surface area contributed by atoms with Crippen LogP contribution in [0.25, 0.3) is 0 Å². The van der Waals surface area contributed by atoms with E-state index >= 15 is 0 Å². The van der Waals surface area contributed by atoms with Gasteiger partial charge in [-0.3, -0.25) is 0 Å². The Balaban J connectivity index is 1.70. The van der Waals surface area contributed by atoms with Crippen LogP contribution >= 0.6 is 0 Å². The van der Waals surface area contributed by atoms with E-state index in [0.717, 1.165) is 17.7 Å². The van der Waals surface area contributed by atoms with E-state index < -0.39 is 11.7 Å². The summed E-state index contributed by atoms with van der Waals surface area (Å²) in [5.41, 5.74) is 1.91. The zero-order valence-corrected chi connectivity index (χ0v) is 18.9. The summed E-state index contributed by atoms with van der Waals surface area (Å²) in [5.74, 6) is 1.01. The summed E-state index contributed by atoms with van der Waals surface area (Å²) in [6.45, 7) is 8.65. The van der Waals surface area contributed by atoms with Crippen LogP contribution in [-0.4, -0.2) is 0 Å². The lowest BCUT2D eigenvalue weighted by molar-refractivity contribution is -0.598. The SMILES string of the molecule is Cc1cc(Oc2ccc(C(F)(F)F)cc2)ccc1[I+]c1ccc(C(C)(C)C)cc1. The first kappa shape index (κ1) is 21.7. The molecule has 0 amide bonds. The van der Waals surface area contributed by atoms with Gasteiger partial charge in [-0.25, -0.2) is 0 Å². The minimum atomic E-state index is -4.34. The van der Waals surface area contributed by atoms with E-state index in [-0.39, 0.29) is 26.6 Å².